The van der Waals surface area contributed by atoms with E-state index < -0.39 is 0 Å². The number of hydrogen-bond donors (Lipinski definition) is 1. The predicted octanol–water partition coefficient (Wildman–Crippen LogP) is 3.70. The molecule has 0 radical (unpaired) electrons. The highest BCUT2D eigenvalue weighted by Gasteiger charge is 2.41. The fourth-order valence-electron chi connectivity index (χ4n) is 4.20. The van der Waals surface area contributed by atoms with Gasteiger partial charge in [0, 0.05) is 35.0 Å². The number of fused-ring (bicyclic) bond motifs is 6. The first-order valence-electron chi connectivity index (χ1n) is 9.98. The molecule has 0 aliphatic carbocycles. The summed E-state index contributed by atoms with van der Waals surface area (Å²) in [5.41, 5.74) is 2.02. The lowest BCUT2D eigenvalue weighted by Crippen LogP contribution is -2.46. The Morgan fingerprint density at radius 1 is 0.750 bits per heavy atom. The Morgan fingerprint density at radius 3 is 1.71 bits per heavy atom. The van der Waals surface area contributed by atoms with E-state index >= 15 is 0 Å². The van der Waals surface area contributed by atoms with Gasteiger partial charge >= 0.3 is 0 Å². The summed E-state index contributed by atoms with van der Waals surface area (Å²) < 4.78 is 17.6. The molecule has 1 saturated heterocycles. The number of benzene rings is 2. The molecule has 1 fully saturated rings. The zero-order chi connectivity index (χ0) is 19.5. The van der Waals surface area contributed by atoms with Gasteiger partial charge in [-0.1, -0.05) is 50.2 Å². The maximum absolute atomic E-state index is 13.2. The first-order valence-corrected chi connectivity index (χ1v) is 9.98. The Kier molecular flexibility index (Phi) is 5.64. The van der Waals surface area contributed by atoms with E-state index in [4.69, 9.17) is 14.2 Å². The van der Waals surface area contributed by atoms with Crippen molar-refractivity contribution in [1.82, 2.24) is 5.32 Å². The van der Waals surface area contributed by atoms with E-state index in [9.17, 15) is 4.79 Å². The Labute approximate surface area is 166 Å². The number of ether oxygens (including phenoxy) is 3. The number of piperidine rings is 1. The average Bonchev–Trinajstić information content (AvgIpc) is 2.72. The first kappa shape index (κ1) is 19.0. The number of hydrogen-bond acceptors (Lipinski definition) is 5. The molecule has 2 aromatic carbocycles. The van der Waals surface area contributed by atoms with E-state index in [1.165, 1.54) is 0 Å². The maximum atomic E-state index is 13.2. The van der Waals surface area contributed by atoms with Crippen molar-refractivity contribution in [2.75, 3.05) is 26.4 Å². The third-order valence-corrected chi connectivity index (χ3v) is 5.74. The summed E-state index contributed by atoms with van der Waals surface area (Å²) in [5, 5.41) is 3.74. The van der Waals surface area contributed by atoms with Crippen LogP contribution in [0.2, 0.25) is 0 Å². The molecular formula is C23H27NO4. The molecule has 0 amide bonds. The van der Waals surface area contributed by atoms with Gasteiger partial charge in [-0.2, -0.15) is 0 Å². The molecular weight excluding hydrogens is 354 g/mol. The van der Waals surface area contributed by atoms with E-state index in [0.717, 1.165) is 22.6 Å². The average molecular weight is 381 g/mol. The minimum atomic E-state index is -0.145. The second kappa shape index (κ2) is 8.33. The molecule has 5 heteroatoms. The van der Waals surface area contributed by atoms with Crippen LogP contribution in [0.3, 0.4) is 0 Å². The van der Waals surface area contributed by atoms with Gasteiger partial charge in [-0.25, -0.2) is 0 Å². The van der Waals surface area contributed by atoms with Crippen molar-refractivity contribution < 1.29 is 19.0 Å². The summed E-state index contributed by atoms with van der Waals surface area (Å²) in [6.07, 6.45) is 0. The number of rotatable bonds is 0. The van der Waals surface area contributed by atoms with E-state index in [-0.39, 0.29) is 29.7 Å². The fourth-order valence-corrected chi connectivity index (χ4v) is 4.20. The lowest BCUT2D eigenvalue weighted by molar-refractivity contribution is -0.130. The molecule has 148 valence electrons. The minimum Gasteiger partial charge on any atom is -0.491 e. The van der Waals surface area contributed by atoms with Gasteiger partial charge in [0.1, 0.15) is 30.5 Å². The van der Waals surface area contributed by atoms with Crippen molar-refractivity contribution in [3.63, 3.8) is 0 Å². The molecule has 28 heavy (non-hydrogen) atoms. The molecule has 2 aliphatic rings. The molecule has 2 aromatic rings. The van der Waals surface area contributed by atoms with Crippen LogP contribution in [0.4, 0.5) is 0 Å². The van der Waals surface area contributed by atoms with Gasteiger partial charge in [0.05, 0.1) is 13.2 Å². The number of carbonyl (C=O) groups is 1. The molecule has 2 bridgehead atoms. The van der Waals surface area contributed by atoms with Crippen molar-refractivity contribution in [1.29, 1.82) is 0 Å². The Balaban J connectivity index is 1.78. The van der Waals surface area contributed by atoms with Crippen LogP contribution in [0, 0.1) is 11.8 Å². The number of Topliss-reactive ketones (excluding diaryl/α,β-unsaturated/α-hetero) is 1. The van der Waals surface area contributed by atoms with Gasteiger partial charge in [-0.3, -0.25) is 4.79 Å². The van der Waals surface area contributed by atoms with Crippen LogP contribution >= 0.6 is 0 Å². The van der Waals surface area contributed by atoms with Crippen LogP contribution in [-0.4, -0.2) is 32.2 Å². The number of nitrogens with one attached hydrogen (secondary N) is 1. The van der Waals surface area contributed by atoms with Crippen LogP contribution in [-0.2, 0) is 9.53 Å². The number of para-hydroxylation sites is 2. The smallest absolute Gasteiger partial charge is 0.142 e. The van der Waals surface area contributed by atoms with Gasteiger partial charge in [0.15, 0.2) is 0 Å². The summed E-state index contributed by atoms with van der Waals surface area (Å²) in [6, 6.07) is 15.7. The van der Waals surface area contributed by atoms with Gasteiger partial charge in [-0.15, -0.1) is 0 Å². The van der Waals surface area contributed by atoms with E-state index in [1.54, 1.807) is 0 Å². The summed E-state index contributed by atoms with van der Waals surface area (Å²) in [7, 11) is 0. The SMILES string of the molecule is C[C@@H]1C(=O)[C@@H](C)[C@H]2N[C@H]1c1ccccc1OCCOCCOc1ccccc12. The first-order chi connectivity index (χ1) is 13.7. The molecule has 4 atom stereocenters. The van der Waals surface area contributed by atoms with Gasteiger partial charge < -0.3 is 19.5 Å². The molecule has 0 unspecified atom stereocenters. The summed E-state index contributed by atoms with van der Waals surface area (Å²) in [6.45, 7) is 5.90. The highest BCUT2D eigenvalue weighted by atomic mass is 16.5. The van der Waals surface area contributed by atoms with Crippen molar-refractivity contribution in [2.45, 2.75) is 25.9 Å². The van der Waals surface area contributed by atoms with E-state index in [0.29, 0.717) is 26.4 Å². The van der Waals surface area contributed by atoms with Crippen LogP contribution in [0.15, 0.2) is 48.5 Å². The monoisotopic (exact) mass is 381 g/mol. The predicted molar refractivity (Wildman–Crippen MR) is 107 cm³/mol. The van der Waals surface area contributed by atoms with Crippen molar-refractivity contribution in [2.24, 2.45) is 11.8 Å². The molecule has 5 nitrogen and oxygen atoms in total. The van der Waals surface area contributed by atoms with E-state index in [2.05, 4.69) is 5.32 Å². The molecule has 4 rings (SSSR count). The maximum Gasteiger partial charge on any atom is 0.142 e. The third-order valence-electron chi connectivity index (χ3n) is 5.74. The zero-order valence-corrected chi connectivity index (χ0v) is 16.4. The standard InChI is InChI=1S/C23H27NO4/c1-15-21-17-7-3-5-9-19(17)27-13-11-26-12-14-28-20-10-6-4-8-18(20)22(24-21)16(2)23(15)25/h3-10,15-16,21-22,24H,11-14H2,1-2H3/t15-,16-,21+,22+/m0/s1. The molecule has 0 saturated carbocycles. The van der Waals surface area contributed by atoms with Crippen LogP contribution in [0.5, 0.6) is 11.5 Å². The van der Waals surface area contributed by atoms with Crippen LogP contribution in [0.1, 0.15) is 37.1 Å². The summed E-state index contributed by atoms with van der Waals surface area (Å²) in [5.74, 6) is 1.58. The lowest BCUT2D eigenvalue weighted by Gasteiger charge is -2.40. The molecule has 1 N–H and O–H groups in total. The second-order valence-corrected chi connectivity index (χ2v) is 7.49. The second-order valence-electron chi connectivity index (χ2n) is 7.49. The Morgan fingerprint density at radius 2 is 1.21 bits per heavy atom. The fraction of sp³-hybridized carbons (Fsp3) is 0.435. The van der Waals surface area contributed by atoms with Gasteiger partial charge in [-0.05, 0) is 12.1 Å². The van der Waals surface area contributed by atoms with Crippen LogP contribution in [0.25, 0.3) is 0 Å². The van der Waals surface area contributed by atoms with Gasteiger partial charge in [0.25, 0.3) is 0 Å². The highest BCUT2D eigenvalue weighted by Crippen LogP contribution is 2.42. The molecule has 2 aliphatic heterocycles. The Hall–Kier alpha value is -2.37. The summed E-state index contributed by atoms with van der Waals surface area (Å²) >= 11 is 0. The third kappa shape index (κ3) is 3.64. The highest BCUT2D eigenvalue weighted by molar-refractivity contribution is 5.85. The molecule has 2 heterocycles. The van der Waals surface area contributed by atoms with Gasteiger partial charge in [0.2, 0.25) is 0 Å². The molecule has 0 aromatic heterocycles. The number of carbonyl (C=O) groups excluding carboxylic acids is 1. The topological polar surface area (TPSA) is 56.8 Å². The van der Waals surface area contributed by atoms with E-state index in [1.807, 2.05) is 62.4 Å². The van der Waals surface area contributed by atoms with Crippen molar-refractivity contribution in [3.8, 4) is 11.5 Å². The molecule has 0 spiro atoms. The largest absolute Gasteiger partial charge is 0.491 e. The van der Waals surface area contributed by atoms with Crippen molar-refractivity contribution >= 4 is 5.78 Å². The normalized spacial score (nSPS) is 28.1. The van der Waals surface area contributed by atoms with Crippen LogP contribution < -0.4 is 14.8 Å². The quantitative estimate of drug-likeness (QED) is 0.754. The lowest BCUT2D eigenvalue weighted by atomic mass is 9.76. The minimum absolute atomic E-state index is 0.123. The number of ketones is 1. The van der Waals surface area contributed by atoms with Crippen molar-refractivity contribution in [3.05, 3.63) is 59.7 Å². The zero-order valence-electron chi connectivity index (χ0n) is 16.4. The Bertz CT molecular complexity index is 771. The summed E-state index contributed by atoms with van der Waals surface area (Å²) in [4.78, 5) is 13.2.